The number of hydrogen-bond donors (Lipinski definition) is 2. The van der Waals surface area contributed by atoms with Gasteiger partial charge in [-0.3, -0.25) is 10.1 Å². The molecule has 0 saturated heterocycles. The molecule has 1 aromatic heterocycles. The summed E-state index contributed by atoms with van der Waals surface area (Å²) >= 11 is 6.00. The molecule has 0 saturated carbocycles. The summed E-state index contributed by atoms with van der Waals surface area (Å²) in [5.74, 6) is 0.491. The third-order valence-electron chi connectivity index (χ3n) is 3.30. The largest absolute Gasteiger partial charge is 0.396 e. The van der Waals surface area contributed by atoms with Crippen LogP contribution in [-0.4, -0.2) is 28.2 Å². The van der Waals surface area contributed by atoms with Crippen molar-refractivity contribution in [1.29, 1.82) is 0 Å². The van der Waals surface area contributed by atoms with Crippen molar-refractivity contribution < 1.29 is 10.0 Å². The van der Waals surface area contributed by atoms with E-state index in [4.69, 9.17) is 11.6 Å². The van der Waals surface area contributed by atoms with Crippen LogP contribution in [0.4, 0.5) is 11.5 Å². The molecule has 1 heterocycles. The molecular formula is C15H16ClN3O3. The smallest absolute Gasteiger partial charge is 0.289 e. The molecule has 1 aromatic carbocycles. The first kappa shape index (κ1) is 16.2. The zero-order chi connectivity index (χ0) is 15.9. The van der Waals surface area contributed by atoms with Gasteiger partial charge in [0.05, 0.1) is 9.95 Å². The number of nitro groups is 1. The highest BCUT2D eigenvalue weighted by Crippen LogP contribution is 2.26. The minimum atomic E-state index is -0.540. The number of aliphatic hydroxyl groups excluding tert-OH is 1. The van der Waals surface area contributed by atoms with E-state index in [0.29, 0.717) is 18.8 Å². The first-order valence-electron chi connectivity index (χ1n) is 6.81. The predicted molar refractivity (Wildman–Crippen MR) is 85.3 cm³/mol. The van der Waals surface area contributed by atoms with Gasteiger partial charge in [-0.1, -0.05) is 41.9 Å². The third-order valence-corrected chi connectivity index (χ3v) is 3.59. The minimum Gasteiger partial charge on any atom is -0.396 e. The molecule has 0 aliphatic carbocycles. The molecule has 0 bridgehead atoms. The van der Waals surface area contributed by atoms with Crippen LogP contribution < -0.4 is 5.32 Å². The van der Waals surface area contributed by atoms with E-state index in [1.54, 1.807) is 0 Å². The Morgan fingerprint density at radius 3 is 2.68 bits per heavy atom. The Kier molecular flexibility index (Phi) is 5.68. The van der Waals surface area contributed by atoms with Gasteiger partial charge in [0, 0.05) is 25.1 Å². The molecule has 0 spiro atoms. The highest BCUT2D eigenvalue weighted by atomic mass is 35.5. The van der Waals surface area contributed by atoms with E-state index in [2.05, 4.69) is 10.3 Å². The first-order chi connectivity index (χ1) is 10.6. The quantitative estimate of drug-likeness (QED) is 0.604. The van der Waals surface area contributed by atoms with Gasteiger partial charge in [0.1, 0.15) is 12.0 Å². The Morgan fingerprint density at radius 2 is 2.09 bits per heavy atom. The number of nitrogens with zero attached hydrogens (tertiary/aromatic N) is 2. The van der Waals surface area contributed by atoms with Gasteiger partial charge in [0.25, 0.3) is 5.69 Å². The highest BCUT2D eigenvalue weighted by molar-refractivity contribution is 6.33. The Bertz CT molecular complexity index is 637. The second kappa shape index (κ2) is 7.72. The fourth-order valence-electron chi connectivity index (χ4n) is 2.15. The molecule has 2 aromatic rings. The van der Waals surface area contributed by atoms with Crippen molar-refractivity contribution in [3.8, 4) is 0 Å². The molecule has 116 valence electrons. The summed E-state index contributed by atoms with van der Waals surface area (Å²) in [7, 11) is 0. The van der Waals surface area contributed by atoms with Crippen molar-refractivity contribution in [1.82, 2.24) is 4.98 Å². The number of aliphatic hydroxyl groups is 1. The van der Waals surface area contributed by atoms with E-state index in [0.717, 1.165) is 11.8 Å². The van der Waals surface area contributed by atoms with Crippen molar-refractivity contribution >= 4 is 23.1 Å². The summed E-state index contributed by atoms with van der Waals surface area (Å²) in [6.45, 7) is 0.595. The predicted octanol–water partition coefficient (Wildman–Crippen LogP) is 3.22. The number of benzene rings is 1. The molecule has 7 heteroatoms. The third kappa shape index (κ3) is 4.16. The lowest BCUT2D eigenvalue weighted by atomic mass is 9.96. The first-order valence-corrected chi connectivity index (χ1v) is 7.19. The molecule has 0 aliphatic heterocycles. The number of rotatable bonds is 7. The van der Waals surface area contributed by atoms with E-state index in [1.807, 2.05) is 30.3 Å². The van der Waals surface area contributed by atoms with E-state index in [-0.39, 0.29) is 23.2 Å². The molecule has 2 rings (SSSR count). The molecule has 1 unspecified atom stereocenters. The maximum absolute atomic E-state index is 10.7. The van der Waals surface area contributed by atoms with Crippen LogP contribution in [0.25, 0.3) is 0 Å². The molecule has 1 atom stereocenters. The normalized spacial score (nSPS) is 11.9. The highest BCUT2D eigenvalue weighted by Gasteiger charge is 2.14. The number of hydrogen-bond acceptors (Lipinski definition) is 5. The molecule has 22 heavy (non-hydrogen) atoms. The lowest BCUT2D eigenvalue weighted by molar-refractivity contribution is -0.385. The molecule has 0 aliphatic rings. The zero-order valence-electron chi connectivity index (χ0n) is 11.8. The second-order valence-electron chi connectivity index (χ2n) is 4.78. The van der Waals surface area contributed by atoms with Crippen LogP contribution in [-0.2, 0) is 0 Å². The summed E-state index contributed by atoms with van der Waals surface area (Å²) in [6.07, 6.45) is 1.76. The standard InChI is InChI=1S/C15H16ClN3O3/c16-14-8-13(19(21)22)10-18-15(14)17-9-12(6-7-20)11-4-2-1-3-5-11/h1-5,8,10,12,20H,6-7,9H2,(H,17,18). The van der Waals surface area contributed by atoms with Crippen LogP contribution in [0.1, 0.15) is 17.9 Å². The Hall–Kier alpha value is -2.18. The summed E-state index contributed by atoms with van der Waals surface area (Å²) in [6, 6.07) is 11.1. The summed E-state index contributed by atoms with van der Waals surface area (Å²) in [5, 5.41) is 23.1. The Balaban J connectivity index is 2.08. The van der Waals surface area contributed by atoms with Crippen LogP contribution in [0.2, 0.25) is 5.02 Å². The van der Waals surface area contributed by atoms with Gasteiger partial charge in [-0.05, 0) is 12.0 Å². The van der Waals surface area contributed by atoms with Crippen molar-refractivity contribution in [2.24, 2.45) is 0 Å². The average Bonchev–Trinajstić information content (AvgIpc) is 2.53. The van der Waals surface area contributed by atoms with Crippen LogP contribution >= 0.6 is 11.6 Å². The summed E-state index contributed by atoms with van der Waals surface area (Å²) < 4.78 is 0. The number of pyridine rings is 1. The fourth-order valence-corrected chi connectivity index (χ4v) is 2.37. The lowest BCUT2D eigenvalue weighted by Gasteiger charge is -2.17. The Morgan fingerprint density at radius 1 is 1.36 bits per heavy atom. The molecule has 0 amide bonds. The summed E-state index contributed by atoms with van der Waals surface area (Å²) in [5.41, 5.74) is 0.951. The van der Waals surface area contributed by atoms with E-state index >= 15 is 0 Å². The summed E-state index contributed by atoms with van der Waals surface area (Å²) in [4.78, 5) is 14.1. The number of nitrogens with one attached hydrogen (secondary N) is 1. The minimum absolute atomic E-state index is 0.0721. The average molecular weight is 322 g/mol. The molecule has 2 N–H and O–H groups in total. The van der Waals surface area contributed by atoms with Gasteiger partial charge >= 0.3 is 0 Å². The van der Waals surface area contributed by atoms with Crippen molar-refractivity contribution in [2.45, 2.75) is 12.3 Å². The van der Waals surface area contributed by atoms with Gasteiger partial charge in [-0.25, -0.2) is 4.98 Å². The molecule has 6 nitrogen and oxygen atoms in total. The number of aromatic nitrogens is 1. The van der Waals surface area contributed by atoms with Crippen LogP contribution in [0, 0.1) is 10.1 Å². The lowest BCUT2D eigenvalue weighted by Crippen LogP contribution is -2.15. The monoisotopic (exact) mass is 321 g/mol. The zero-order valence-corrected chi connectivity index (χ0v) is 12.5. The van der Waals surface area contributed by atoms with Crippen LogP contribution in [0.3, 0.4) is 0 Å². The topological polar surface area (TPSA) is 88.3 Å². The van der Waals surface area contributed by atoms with Crippen molar-refractivity contribution in [3.05, 3.63) is 63.3 Å². The number of halogens is 1. The van der Waals surface area contributed by atoms with Crippen LogP contribution in [0.5, 0.6) is 0 Å². The van der Waals surface area contributed by atoms with Crippen molar-refractivity contribution in [3.63, 3.8) is 0 Å². The number of anilines is 1. The maximum Gasteiger partial charge on any atom is 0.289 e. The van der Waals surface area contributed by atoms with Gasteiger partial charge < -0.3 is 10.4 Å². The van der Waals surface area contributed by atoms with Gasteiger partial charge in [0.2, 0.25) is 0 Å². The van der Waals surface area contributed by atoms with E-state index in [1.165, 1.54) is 6.07 Å². The van der Waals surface area contributed by atoms with Gasteiger partial charge in [-0.2, -0.15) is 0 Å². The van der Waals surface area contributed by atoms with Crippen molar-refractivity contribution in [2.75, 3.05) is 18.5 Å². The fraction of sp³-hybridized carbons (Fsp3) is 0.267. The van der Waals surface area contributed by atoms with Gasteiger partial charge in [0.15, 0.2) is 0 Å². The van der Waals surface area contributed by atoms with E-state index in [9.17, 15) is 15.2 Å². The molecule has 0 fully saturated rings. The molecular weight excluding hydrogens is 306 g/mol. The van der Waals surface area contributed by atoms with E-state index < -0.39 is 4.92 Å². The van der Waals surface area contributed by atoms with Gasteiger partial charge in [-0.15, -0.1) is 0 Å². The second-order valence-corrected chi connectivity index (χ2v) is 5.19. The van der Waals surface area contributed by atoms with Crippen LogP contribution in [0.15, 0.2) is 42.6 Å². The Labute approximate surface area is 132 Å². The SMILES string of the molecule is O=[N+]([O-])c1cnc(NCC(CCO)c2ccccc2)c(Cl)c1. The molecule has 0 radical (unpaired) electrons. The maximum atomic E-state index is 10.7.